The van der Waals surface area contributed by atoms with Gasteiger partial charge in [0.25, 0.3) is 0 Å². The van der Waals surface area contributed by atoms with Crippen LogP contribution >= 0.6 is 0 Å². The normalized spacial score (nSPS) is 13.8. The van der Waals surface area contributed by atoms with Crippen molar-refractivity contribution in [2.75, 3.05) is 20.3 Å². The summed E-state index contributed by atoms with van der Waals surface area (Å²) in [6, 6.07) is 9.95. The van der Waals surface area contributed by atoms with Crippen LogP contribution in [-0.2, 0) is 22.5 Å². The van der Waals surface area contributed by atoms with Crippen molar-refractivity contribution in [2.45, 2.75) is 19.4 Å². The molecule has 0 spiro atoms. The first-order valence-corrected chi connectivity index (χ1v) is 7.45. The number of carbonyl (C=O) groups excluding carboxylic acids is 1. The Balaban J connectivity index is 1.75. The fourth-order valence-corrected chi connectivity index (χ4v) is 2.60. The van der Waals surface area contributed by atoms with E-state index in [1.165, 1.54) is 0 Å². The van der Waals surface area contributed by atoms with Crippen molar-refractivity contribution in [3.63, 3.8) is 0 Å². The fourth-order valence-electron chi connectivity index (χ4n) is 2.60. The average molecular weight is 297 g/mol. The Labute approximate surface area is 130 Å². The van der Waals surface area contributed by atoms with Gasteiger partial charge in [0.15, 0.2) is 5.82 Å². The maximum absolute atomic E-state index is 12.1. The number of amides is 1. The number of hydrogen-bond donors (Lipinski definition) is 0. The van der Waals surface area contributed by atoms with Crippen LogP contribution in [0.1, 0.15) is 17.7 Å². The van der Waals surface area contributed by atoms with Gasteiger partial charge >= 0.3 is 0 Å². The lowest BCUT2D eigenvalue weighted by Gasteiger charge is -2.28. The van der Waals surface area contributed by atoms with E-state index >= 15 is 0 Å². The van der Waals surface area contributed by atoms with Crippen LogP contribution in [0.4, 0.5) is 0 Å². The van der Waals surface area contributed by atoms with Crippen LogP contribution in [0.15, 0.2) is 36.5 Å². The Morgan fingerprint density at radius 3 is 2.91 bits per heavy atom. The zero-order chi connectivity index (χ0) is 15.4. The Kier molecular flexibility index (Phi) is 4.44. The van der Waals surface area contributed by atoms with Crippen LogP contribution in [-0.4, -0.2) is 41.0 Å². The Bertz CT molecular complexity index is 658. The van der Waals surface area contributed by atoms with Crippen LogP contribution in [0, 0.1) is 0 Å². The van der Waals surface area contributed by atoms with Gasteiger partial charge in [-0.2, -0.15) is 0 Å². The summed E-state index contributed by atoms with van der Waals surface area (Å²) in [7, 11) is 1.61. The summed E-state index contributed by atoms with van der Waals surface area (Å²) in [6.07, 6.45) is 3.05. The Morgan fingerprint density at radius 1 is 1.32 bits per heavy atom. The van der Waals surface area contributed by atoms with Crippen molar-refractivity contribution in [3.8, 4) is 11.4 Å². The topological polar surface area (TPSA) is 55.3 Å². The molecule has 0 saturated carbocycles. The van der Waals surface area contributed by atoms with Crippen molar-refractivity contribution >= 4 is 5.91 Å². The predicted molar refractivity (Wildman–Crippen MR) is 83.1 cm³/mol. The average Bonchev–Trinajstić information content (AvgIpc) is 2.59. The number of aromatic nitrogens is 2. The number of fused-ring (bicyclic) bond motifs is 1. The summed E-state index contributed by atoms with van der Waals surface area (Å²) in [5.41, 5.74) is 3.10. The molecule has 5 nitrogen and oxygen atoms in total. The molecule has 1 aliphatic heterocycles. The first-order chi connectivity index (χ1) is 10.8. The van der Waals surface area contributed by atoms with Gasteiger partial charge in [0.1, 0.15) is 0 Å². The van der Waals surface area contributed by atoms with Crippen molar-refractivity contribution in [2.24, 2.45) is 0 Å². The maximum Gasteiger partial charge on any atom is 0.225 e. The van der Waals surface area contributed by atoms with E-state index in [1.807, 2.05) is 41.4 Å². The molecule has 0 aliphatic carbocycles. The molecule has 3 rings (SSSR count). The Morgan fingerprint density at radius 2 is 2.14 bits per heavy atom. The smallest absolute Gasteiger partial charge is 0.225 e. The quantitative estimate of drug-likeness (QED) is 0.867. The van der Waals surface area contributed by atoms with E-state index in [4.69, 9.17) is 4.74 Å². The minimum atomic E-state index is 0.125. The highest BCUT2D eigenvalue weighted by molar-refractivity contribution is 5.76. The molecular weight excluding hydrogens is 278 g/mol. The SMILES string of the molecule is COCCC(=O)N1CCc2nc(-c3ccccc3)ncc2C1. The molecule has 0 atom stereocenters. The molecule has 2 aromatic rings. The maximum atomic E-state index is 12.1. The van der Waals surface area contributed by atoms with Crippen molar-refractivity contribution < 1.29 is 9.53 Å². The lowest BCUT2D eigenvalue weighted by molar-refractivity contribution is -0.133. The number of methoxy groups -OCH3 is 1. The molecule has 22 heavy (non-hydrogen) atoms. The lowest BCUT2D eigenvalue weighted by Crippen LogP contribution is -2.36. The van der Waals surface area contributed by atoms with Crippen LogP contribution in [0.2, 0.25) is 0 Å². The van der Waals surface area contributed by atoms with E-state index < -0.39 is 0 Å². The molecular formula is C17H19N3O2. The summed E-state index contributed by atoms with van der Waals surface area (Å²) in [5, 5.41) is 0. The van der Waals surface area contributed by atoms with E-state index in [-0.39, 0.29) is 5.91 Å². The van der Waals surface area contributed by atoms with E-state index in [0.717, 1.165) is 29.1 Å². The minimum absolute atomic E-state index is 0.125. The number of ether oxygens (including phenoxy) is 1. The predicted octanol–water partition coefficient (Wildman–Crippen LogP) is 2.06. The van der Waals surface area contributed by atoms with Crippen molar-refractivity contribution in [3.05, 3.63) is 47.8 Å². The van der Waals surface area contributed by atoms with Gasteiger partial charge in [-0.05, 0) is 0 Å². The summed E-state index contributed by atoms with van der Waals surface area (Å²) in [4.78, 5) is 23.0. The molecule has 1 aliphatic rings. The fraction of sp³-hybridized carbons (Fsp3) is 0.353. The van der Waals surface area contributed by atoms with Gasteiger partial charge in [0.2, 0.25) is 5.91 Å². The van der Waals surface area contributed by atoms with Crippen LogP contribution in [0.25, 0.3) is 11.4 Å². The van der Waals surface area contributed by atoms with E-state index in [0.29, 0.717) is 26.1 Å². The first-order valence-electron chi connectivity index (χ1n) is 7.45. The molecule has 1 amide bonds. The minimum Gasteiger partial charge on any atom is -0.384 e. The van der Waals surface area contributed by atoms with Crippen molar-refractivity contribution in [1.82, 2.24) is 14.9 Å². The molecule has 114 valence electrons. The van der Waals surface area contributed by atoms with E-state index in [9.17, 15) is 4.79 Å². The molecule has 5 heteroatoms. The van der Waals surface area contributed by atoms with E-state index in [1.54, 1.807) is 7.11 Å². The monoisotopic (exact) mass is 297 g/mol. The second-order valence-corrected chi connectivity index (χ2v) is 5.34. The van der Waals surface area contributed by atoms with Crippen LogP contribution in [0.5, 0.6) is 0 Å². The van der Waals surface area contributed by atoms with Crippen LogP contribution < -0.4 is 0 Å². The third kappa shape index (κ3) is 3.14. The molecule has 1 aromatic heterocycles. The van der Waals surface area contributed by atoms with Gasteiger partial charge in [-0.1, -0.05) is 30.3 Å². The number of carbonyl (C=O) groups is 1. The third-order valence-corrected chi connectivity index (χ3v) is 3.84. The lowest BCUT2D eigenvalue weighted by atomic mass is 10.1. The summed E-state index contributed by atoms with van der Waals surface area (Å²) >= 11 is 0. The highest BCUT2D eigenvalue weighted by atomic mass is 16.5. The summed E-state index contributed by atoms with van der Waals surface area (Å²) < 4.78 is 4.97. The third-order valence-electron chi connectivity index (χ3n) is 3.84. The van der Waals surface area contributed by atoms with Gasteiger partial charge in [0, 0.05) is 43.9 Å². The molecule has 2 heterocycles. The standard InChI is InChI=1S/C17H19N3O2/c1-22-10-8-16(21)20-9-7-15-14(12-20)11-18-17(19-15)13-5-3-2-4-6-13/h2-6,11H,7-10,12H2,1H3. The van der Waals surface area contributed by atoms with Gasteiger partial charge in [0.05, 0.1) is 18.7 Å². The molecule has 0 saturated heterocycles. The largest absolute Gasteiger partial charge is 0.384 e. The molecule has 1 aromatic carbocycles. The van der Waals surface area contributed by atoms with Crippen molar-refractivity contribution in [1.29, 1.82) is 0 Å². The van der Waals surface area contributed by atoms with Gasteiger partial charge < -0.3 is 9.64 Å². The number of rotatable bonds is 4. The molecule has 0 bridgehead atoms. The van der Waals surface area contributed by atoms with Gasteiger partial charge in [-0.25, -0.2) is 9.97 Å². The molecule has 0 radical (unpaired) electrons. The molecule has 0 unspecified atom stereocenters. The van der Waals surface area contributed by atoms with Gasteiger partial charge in [-0.15, -0.1) is 0 Å². The first kappa shape index (κ1) is 14.7. The summed E-state index contributed by atoms with van der Waals surface area (Å²) in [5.74, 6) is 0.873. The number of benzene rings is 1. The molecule has 0 fully saturated rings. The number of hydrogen-bond acceptors (Lipinski definition) is 4. The number of nitrogens with zero attached hydrogens (tertiary/aromatic N) is 3. The van der Waals surface area contributed by atoms with Crippen LogP contribution in [0.3, 0.4) is 0 Å². The highest BCUT2D eigenvalue weighted by Gasteiger charge is 2.22. The van der Waals surface area contributed by atoms with Gasteiger partial charge in [-0.3, -0.25) is 4.79 Å². The molecule has 0 N–H and O–H groups in total. The second kappa shape index (κ2) is 6.66. The highest BCUT2D eigenvalue weighted by Crippen LogP contribution is 2.21. The Hall–Kier alpha value is -2.27. The zero-order valence-electron chi connectivity index (χ0n) is 12.7. The summed E-state index contributed by atoms with van der Waals surface area (Å²) in [6.45, 7) is 1.76. The zero-order valence-corrected chi connectivity index (χ0v) is 12.7. The second-order valence-electron chi connectivity index (χ2n) is 5.34. The van der Waals surface area contributed by atoms with E-state index in [2.05, 4.69) is 9.97 Å².